The number of ether oxygens (including phenoxy) is 1. The molecule has 0 bridgehead atoms. The first-order valence-corrected chi connectivity index (χ1v) is 8.01. The Balaban J connectivity index is 2.72. The van der Waals surface area contributed by atoms with E-state index in [2.05, 4.69) is 5.32 Å². The lowest BCUT2D eigenvalue weighted by atomic mass is 10.2. The van der Waals surface area contributed by atoms with Gasteiger partial charge in [0.1, 0.15) is 0 Å². The molecule has 0 saturated carbocycles. The van der Waals surface area contributed by atoms with Gasteiger partial charge in [0.05, 0.1) is 6.10 Å². The summed E-state index contributed by atoms with van der Waals surface area (Å²) in [4.78, 5) is 11.4. The van der Waals surface area contributed by atoms with Crippen LogP contribution in [0.15, 0.2) is 0 Å². The third-order valence-corrected chi connectivity index (χ3v) is 4.27. The zero-order valence-corrected chi connectivity index (χ0v) is 12.5. The first-order valence-electron chi connectivity index (χ1n) is 6.57. The van der Waals surface area contributed by atoms with Gasteiger partial charge in [-0.15, -0.1) is 0 Å². The molecule has 1 amide bonds. The lowest BCUT2D eigenvalue weighted by Gasteiger charge is -2.27. The van der Waals surface area contributed by atoms with Crippen LogP contribution in [0.5, 0.6) is 0 Å². The van der Waals surface area contributed by atoms with E-state index in [1.165, 1.54) is 4.31 Å². The summed E-state index contributed by atoms with van der Waals surface area (Å²) in [5.41, 5.74) is 0. The minimum absolute atomic E-state index is 0.107. The topological polar surface area (TPSA) is 87.7 Å². The predicted octanol–water partition coefficient (Wildman–Crippen LogP) is 0.440. The SMILES string of the molecule is CCCN(C1CCNC1)S(=O)(=O)NC(=O)OC(C)C. The van der Waals surface area contributed by atoms with E-state index in [0.29, 0.717) is 19.5 Å². The number of rotatable bonds is 6. The molecule has 0 aromatic rings. The fourth-order valence-corrected chi connectivity index (χ4v) is 3.38. The Kier molecular flexibility index (Phi) is 6.02. The molecule has 8 heteroatoms. The molecule has 0 aliphatic carbocycles. The summed E-state index contributed by atoms with van der Waals surface area (Å²) in [6, 6.07) is -0.107. The summed E-state index contributed by atoms with van der Waals surface area (Å²) < 4.78 is 32.5. The van der Waals surface area contributed by atoms with Crippen LogP contribution in [0.25, 0.3) is 0 Å². The molecule has 19 heavy (non-hydrogen) atoms. The van der Waals surface area contributed by atoms with Crippen LogP contribution < -0.4 is 10.0 Å². The molecule has 1 aliphatic heterocycles. The highest BCUT2D eigenvalue weighted by Gasteiger charge is 2.32. The van der Waals surface area contributed by atoms with Gasteiger partial charge < -0.3 is 10.1 Å². The zero-order chi connectivity index (χ0) is 14.5. The summed E-state index contributed by atoms with van der Waals surface area (Å²) in [5, 5.41) is 3.12. The van der Waals surface area contributed by atoms with Crippen LogP contribution in [0.1, 0.15) is 33.6 Å². The van der Waals surface area contributed by atoms with Crippen molar-refractivity contribution in [1.82, 2.24) is 14.3 Å². The number of carbonyl (C=O) groups is 1. The smallest absolute Gasteiger partial charge is 0.422 e. The molecule has 1 aliphatic rings. The van der Waals surface area contributed by atoms with Gasteiger partial charge in [-0.05, 0) is 33.2 Å². The average molecular weight is 293 g/mol. The quantitative estimate of drug-likeness (QED) is 0.742. The van der Waals surface area contributed by atoms with Crippen LogP contribution in [0.4, 0.5) is 4.79 Å². The van der Waals surface area contributed by atoms with Gasteiger partial charge in [-0.2, -0.15) is 12.7 Å². The van der Waals surface area contributed by atoms with Gasteiger partial charge in [-0.25, -0.2) is 9.52 Å². The molecule has 1 unspecified atom stereocenters. The third-order valence-electron chi connectivity index (χ3n) is 2.75. The van der Waals surface area contributed by atoms with Gasteiger partial charge in [-0.1, -0.05) is 6.92 Å². The second-order valence-electron chi connectivity index (χ2n) is 4.82. The maximum Gasteiger partial charge on any atom is 0.422 e. The summed E-state index contributed by atoms with van der Waals surface area (Å²) in [7, 11) is -3.84. The highest BCUT2D eigenvalue weighted by atomic mass is 32.2. The molecule has 1 rings (SSSR count). The van der Waals surface area contributed by atoms with E-state index < -0.39 is 16.3 Å². The predicted molar refractivity (Wildman–Crippen MR) is 71.9 cm³/mol. The number of nitrogens with zero attached hydrogens (tertiary/aromatic N) is 1. The summed E-state index contributed by atoms with van der Waals surface area (Å²) in [5.74, 6) is 0. The summed E-state index contributed by atoms with van der Waals surface area (Å²) >= 11 is 0. The first-order chi connectivity index (χ1) is 8.86. The van der Waals surface area contributed by atoms with Crippen LogP contribution >= 0.6 is 0 Å². The third kappa shape index (κ3) is 4.96. The molecule has 1 atom stereocenters. The van der Waals surface area contributed by atoms with Gasteiger partial charge >= 0.3 is 16.3 Å². The Labute approximate surface area is 114 Å². The number of hydrogen-bond donors (Lipinski definition) is 2. The number of amides is 1. The van der Waals surface area contributed by atoms with Crippen molar-refractivity contribution < 1.29 is 17.9 Å². The minimum atomic E-state index is -3.84. The van der Waals surface area contributed by atoms with Gasteiger partial charge in [-0.3, -0.25) is 0 Å². The second-order valence-corrected chi connectivity index (χ2v) is 6.44. The molecule has 1 heterocycles. The molecule has 0 aromatic heterocycles. The number of nitrogens with one attached hydrogen (secondary N) is 2. The molecule has 0 spiro atoms. The van der Waals surface area contributed by atoms with E-state index in [1.807, 2.05) is 11.6 Å². The minimum Gasteiger partial charge on any atom is -0.446 e. The average Bonchev–Trinajstić information content (AvgIpc) is 2.76. The number of hydrogen-bond acceptors (Lipinski definition) is 5. The van der Waals surface area contributed by atoms with Crippen LogP contribution in [-0.4, -0.2) is 50.6 Å². The monoisotopic (exact) mass is 293 g/mol. The Hall–Kier alpha value is -0.860. The van der Waals surface area contributed by atoms with Crippen molar-refractivity contribution >= 4 is 16.3 Å². The van der Waals surface area contributed by atoms with Gasteiger partial charge in [0, 0.05) is 19.1 Å². The maximum atomic E-state index is 12.2. The second kappa shape index (κ2) is 7.06. The highest BCUT2D eigenvalue weighted by molar-refractivity contribution is 7.87. The van der Waals surface area contributed by atoms with Crippen molar-refractivity contribution in [2.75, 3.05) is 19.6 Å². The lowest BCUT2D eigenvalue weighted by Crippen LogP contribution is -2.49. The van der Waals surface area contributed by atoms with E-state index in [-0.39, 0.29) is 12.1 Å². The Morgan fingerprint density at radius 2 is 2.21 bits per heavy atom. The lowest BCUT2D eigenvalue weighted by molar-refractivity contribution is 0.120. The normalized spacial score (nSPS) is 19.9. The molecule has 1 saturated heterocycles. The van der Waals surface area contributed by atoms with E-state index in [9.17, 15) is 13.2 Å². The van der Waals surface area contributed by atoms with Crippen molar-refractivity contribution in [3.63, 3.8) is 0 Å². The number of carbonyl (C=O) groups excluding carboxylic acids is 1. The van der Waals surface area contributed by atoms with Crippen LogP contribution in [0.3, 0.4) is 0 Å². The van der Waals surface area contributed by atoms with Crippen molar-refractivity contribution in [3.05, 3.63) is 0 Å². The molecule has 1 fully saturated rings. The van der Waals surface area contributed by atoms with Crippen molar-refractivity contribution in [3.8, 4) is 0 Å². The molecule has 7 nitrogen and oxygen atoms in total. The molecular weight excluding hydrogens is 270 g/mol. The van der Waals surface area contributed by atoms with E-state index in [0.717, 1.165) is 13.0 Å². The van der Waals surface area contributed by atoms with Crippen molar-refractivity contribution in [2.24, 2.45) is 0 Å². The van der Waals surface area contributed by atoms with Gasteiger partial charge in [0.2, 0.25) is 0 Å². The van der Waals surface area contributed by atoms with E-state index in [1.54, 1.807) is 13.8 Å². The molecule has 2 N–H and O–H groups in total. The Bertz CT molecular complexity index is 391. The fourth-order valence-electron chi connectivity index (χ4n) is 2.01. The Morgan fingerprint density at radius 3 is 2.68 bits per heavy atom. The first kappa shape index (κ1) is 16.2. The Morgan fingerprint density at radius 1 is 1.53 bits per heavy atom. The van der Waals surface area contributed by atoms with Crippen LogP contribution in [0.2, 0.25) is 0 Å². The maximum absolute atomic E-state index is 12.2. The van der Waals surface area contributed by atoms with Gasteiger partial charge in [0.25, 0.3) is 0 Å². The molecule has 112 valence electrons. The fraction of sp³-hybridized carbons (Fsp3) is 0.909. The van der Waals surface area contributed by atoms with Crippen LogP contribution in [0, 0.1) is 0 Å². The highest BCUT2D eigenvalue weighted by Crippen LogP contribution is 2.13. The molecule has 0 aromatic carbocycles. The largest absolute Gasteiger partial charge is 0.446 e. The van der Waals surface area contributed by atoms with E-state index in [4.69, 9.17) is 4.74 Å². The van der Waals surface area contributed by atoms with Gasteiger partial charge in [0.15, 0.2) is 0 Å². The van der Waals surface area contributed by atoms with E-state index >= 15 is 0 Å². The van der Waals surface area contributed by atoms with Crippen molar-refractivity contribution in [1.29, 1.82) is 0 Å². The molecule has 0 radical (unpaired) electrons. The summed E-state index contributed by atoms with van der Waals surface area (Å²) in [6.07, 6.45) is 0.154. The van der Waals surface area contributed by atoms with Crippen molar-refractivity contribution in [2.45, 2.75) is 45.8 Å². The summed E-state index contributed by atoms with van der Waals surface area (Å²) in [6.45, 7) is 7.01. The standard InChI is InChI=1S/C11H23N3O4S/c1-4-7-14(10-5-6-12-8-10)19(16,17)13-11(15)18-9(2)3/h9-10,12H,4-8H2,1-3H3,(H,13,15). The molecular formula is C11H23N3O4S. The van der Waals surface area contributed by atoms with Crippen LogP contribution in [-0.2, 0) is 14.9 Å². The zero-order valence-electron chi connectivity index (χ0n) is 11.7.